The molecule has 0 radical (unpaired) electrons. The Labute approximate surface area is 132 Å². The fourth-order valence-corrected chi connectivity index (χ4v) is 4.06. The standard InChI is InChI=1S/C13H13Cl2NO2S2/c1-16(8-10-4-5-19-9-10)20(17,18)12-2-3-13(15)11(6-12)7-14/h2-6,9H,7-8H2,1H3. The summed E-state index contributed by atoms with van der Waals surface area (Å²) in [4.78, 5) is 0.204. The Morgan fingerprint density at radius 3 is 2.65 bits per heavy atom. The van der Waals surface area contributed by atoms with Gasteiger partial charge < -0.3 is 0 Å². The molecule has 0 saturated heterocycles. The Morgan fingerprint density at radius 2 is 2.05 bits per heavy atom. The van der Waals surface area contributed by atoms with Crippen LogP contribution >= 0.6 is 34.5 Å². The lowest BCUT2D eigenvalue weighted by Gasteiger charge is -2.17. The third kappa shape index (κ3) is 3.35. The molecule has 0 N–H and O–H groups in total. The van der Waals surface area contributed by atoms with Crippen LogP contribution < -0.4 is 0 Å². The molecule has 108 valence electrons. The fraction of sp³-hybridized carbons (Fsp3) is 0.231. The van der Waals surface area contributed by atoms with Crippen molar-refractivity contribution in [2.24, 2.45) is 0 Å². The van der Waals surface area contributed by atoms with E-state index in [0.29, 0.717) is 17.1 Å². The van der Waals surface area contributed by atoms with E-state index in [4.69, 9.17) is 23.2 Å². The molecule has 0 atom stereocenters. The van der Waals surface area contributed by atoms with Crippen molar-refractivity contribution in [3.8, 4) is 0 Å². The van der Waals surface area contributed by atoms with E-state index in [0.717, 1.165) is 5.56 Å². The summed E-state index contributed by atoms with van der Waals surface area (Å²) in [5.74, 6) is 0.177. The van der Waals surface area contributed by atoms with E-state index < -0.39 is 10.0 Å². The fourth-order valence-electron chi connectivity index (χ4n) is 1.72. The molecule has 0 fully saturated rings. The van der Waals surface area contributed by atoms with Crippen LogP contribution in [0.25, 0.3) is 0 Å². The molecule has 0 aliphatic carbocycles. The quantitative estimate of drug-likeness (QED) is 0.766. The molecule has 2 aromatic rings. The molecule has 0 saturated carbocycles. The number of alkyl halides is 1. The van der Waals surface area contributed by atoms with E-state index >= 15 is 0 Å². The van der Waals surface area contributed by atoms with Crippen LogP contribution in [0.3, 0.4) is 0 Å². The van der Waals surface area contributed by atoms with Crippen molar-refractivity contribution >= 4 is 44.6 Å². The van der Waals surface area contributed by atoms with Crippen molar-refractivity contribution in [3.63, 3.8) is 0 Å². The van der Waals surface area contributed by atoms with Crippen LogP contribution in [0.15, 0.2) is 39.9 Å². The van der Waals surface area contributed by atoms with Gasteiger partial charge in [0.2, 0.25) is 10.0 Å². The topological polar surface area (TPSA) is 37.4 Å². The number of sulfonamides is 1. The lowest BCUT2D eigenvalue weighted by Crippen LogP contribution is -2.26. The predicted molar refractivity (Wildman–Crippen MR) is 84.0 cm³/mol. The second-order valence-corrected chi connectivity index (χ2v) is 7.78. The molecule has 3 nitrogen and oxygen atoms in total. The normalized spacial score (nSPS) is 12.0. The van der Waals surface area contributed by atoms with Crippen molar-refractivity contribution in [1.82, 2.24) is 4.31 Å². The van der Waals surface area contributed by atoms with E-state index in [1.54, 1.807) is 13.1 Å². The maximum absolute atomic E-state index is 12.5. The van der Waals surface area contributed by atoms with Gasteiger partial charge in [0.05, 0.1) is 4.90 Å². The lowest BCUT2D eigenvalue weighted by atomic mass is 10.2. The van der Waals surface area contributed by atoms with Crippen molar-refractivity contribution in [2.45, 2.75) is 17.3 Å². The van der Waals surface area contributed by atoms with Crippen molar-refractivity contribution in [3.05, 3.63) is 51.2 Å². The third-order valence-corrected chi connectivity index (χ3v) is 6.04. The summed E-state index contributed by atoms with van der Waals surface area (Å²) < 4.78 is 26.3. The summed E-state index contributed by atoms with van der Waals surface area (Å²) in [5.41, 5.74) is 1.57. The van der Waals surface area contributed by atoms with Crippen molar-refractivity contribution in [1.29, 1.82) is 0 Å². The highest BCUT2D eigenvalue weighted by molar-refractivity contribution is 7.89. The SMILES string of the molecule is CN(Cc1ccsc1)S(=O)(=O)c1ccc(Cl)c(CCl)c1. The Kier molecular flexibility index (Phi) is 5.09. The van der Waals surface area contributed by atoms with Crippen LogP contribution in [0, 0.1) is 0 Å². The number of benzene rings is 1. The number of halogens is 2. The van der Waals surface area contributed by atoms with Crippen LogP contribution in [0.5, 0.6) is 0 Å². The first-order valence-electron chi connectivity index (χ1n) is 5.77. The van der Waals surface area contributed by atoms with Gasteiger partial charge in [0, 0.05) is 24.5 Å². The Balaban J connectivity index is 2.29. The minimum Gasteiger partial charge on any atom is -0.207 e. The average molecular weight is 350 g/mol. The zero-order chi connectivity index (χ0) is 14.8. The second-order valence-electron chi connectivity index (χ2n) is 4.28. The van der Waals surface area contributed by atoms with Gasteiger partial charge >= 0.3 is 0 Å². The molecule has 0 amide bonds. The zero-order valence-corrected chi connectivity index (χ0v) is 13.9. The molecule has 0 aliphatic heterocycles. The number of hydrogen-bond donors (Lipinski definition) is 0. The molecular formula is C13H13Cl2NO2S2. The van der Waals surface area contributed by atoms with Gasteiger partial charge in [0.25, 0.3) is 0 Å². The molecule has 1 aromatic heterocycles. The number of thiophene rings is 1. The molecular weight excluding hydrogens is 337 g/mol. The van der Waals surface area contributed by atoms with Crippen LogP contribution in [0.1, 0.15) is 11.1 Å². The maximum atomic E-state index is 12.5. The van der Waals surface area contributed by atoms with E-state index in [2.05, 4.69) is 0 Å². The van der Waals surface area contributed by atoms with Crippen LogP contribution in [-0.2, 0) is 22.4 Å². The lowest BCUT2D eigenvalue weighted by molar-refractivity contribution is 0.467. The third-order valence-electron chi connectivity index (χ3n) is 2.85. The van der Waals surface area contributed by atoms with Crippen LogP contribution in [0.4, 0.5) is 0 Å². The molecule has 2 rings (SSSR count). The van der Waals surface area contributed by atoms with Gasteiger partial charge in [-0.2, -0.15) is 15.6 Å². The van der Waals surface area contributed by atoms with Gasteiger partial charge in [0.15, 0.2) is 0 Å². The Hall–Kier alpha value is -0.590. The van der Waals surface area contributed by atoms with Gasteiger partial charge in [-0.25, -0.2) is 8.42 Å². The zero-order valence-electron chi connectivity index (χ0n) is 10.7. The summed E-state index contributed by atoms with van der Waals surface area (Å²) >= 11 is 13.2. The minimum absolute atomic E-state index is 0.177. The minimum atomic E-state index is -3.54. The number of hydrogen-bond acceptors (Lipinski definition) is 3. The summed E-state index contributed by atoms with van der Waals surface area (Å²) in [6, 6.07) is 6.49. The molecule has 0 bridgehead atoms. The molecule has 0 unspecified atom stereocenters. The number of rotatable bonds is 5. The molecule has 1 heterocycles. The van der Waals surface area contributed by atoms with Gasteiger partial charge in [-0.1, -0.05) is 11.6 Å². The molecule has 1 aromatic carbocycles. The highest BCUT2D eigenvalue weighted by Gasteiger charge is 2.21. The molecule has 7 heteroatoms. The summed E-state index contributed by atoms with van der Waals surface area (Å²) in [6.07, 6.45) is 0. The van der Waals surface area contributed by atoms with E-state index in [9.17, 15) is 8.42 Å². The van der Waals surface area contributed by atoms with E-state index in [1.807, 2.05) is 16.8 Å². The van der Waals surface area contributed by atoms with Crippen molar-refractivity contribution < 1.29 is 8.42 Å². The smallest absolute Gasteiger partial charge is 0.207 e. The van der Waals surface area contributed by atoms with Gasteiger partial charge in [0.1, 0.15) is 0 Å². The Morgan fingerprint density at radius 1 is 1.30 bits per heavy atom. The predicted octanol–water partition coefficient (Wildman–Crippen LogP) is 3.96. The van der Waals surface area contributed by atoms with Gasteiger partial charge in [-0.15, -0.1) is 11.6 Å². The van der Waals surface area contributed by atoms with Gasteiger partial charge in [-0.3, -0.25) is 0 Å². The largest absolute Gasteiger partial charge is 0.243 e. The van der Waals surface area contributed by atoms with Crippen molar-refractivity contribution in [2.75, 3.05) is 7.05 Å². The second kappa shape index (κ2) is 6.45. The number of nitrogens with zero attached hydrogens (tertiary/aromatic N) is 1. The van der Waals surface area contributed by atoms with Gasteiger partial charge in [-0.05, 0) is 46.2 Å². The van der Waals surface area contributed by atoms with Crippen LogP contribution in [-0.4, -0.2) is 19.8 Å². The Bertz CT molecular complexity index is 684. The van der Waals surface area contributed by atoms with E-state index in [1.165, 1.54) is 27.8 Å². The summed E-state index contributed by atoms with van der Waals surface area (Å²) in [7, 11) is -1.99. The monoisotopic (exact) mass is 349 g/mol. The van der Waals surface area contributed by atoms with Crippen LogP contribution in [0.2, 0.25) is 5.02 Å². The first-order valence-corrected chi connectivity index (χ1v) is 9.06. The maximum Gasteiger partial charge on any atom is 0.243 e. The first kappa shape index (κ1) is 15.8. The molecule has 20 heavy (non-hydrogen) atoms. The van der Waals surface area contributed by atoms with E-state index in [-0.39, 0.29) is 10.8 Å². The highest BCUT2D eigenvalue weighted by Crippen LogP contribution is 2.24. The highest BCUT2D eigenvalue weighted by atomic mass is 35.5. The average Bonchev–Trinajstić information content (AvgIpc) is 2.91. The summed E-state index contributed by atoms with van der Waals surface area (Å²) in [5, 5.41) is 4.32. The first-order chi connectivity index (χ1) is 9.45. The molecule has 0 spiro atoms. The molecule has 0 aliphatic rings. The summed E-state index contributed by atoms with van der Waals surface area (Å²) in [6.45, 7) is 0.338.